The Morgan fingerprint density at radius 3 is 2.27 bits per heavy atom. The predicted octanol–water partition coefficient (Wildman–Crippen LogP) is -1.23. The van der Waals surface area contributed by atoms with Crippen LogP contribution in [0, 0.1) is 0 Å². The molecule has 0 radical (unpaired) electrons. The summed E-state index contributed by atoms with van der Waals surface area (Å²) in [4.78, 5) is 31.4. The second-order valence-electron chi connectivity index (χ2n) is 3.00. The van der Waals surface area contributed by atoms with E-state index in [1.165, 1.54) is 0 Å². The molecule has 1 atom stereocenters. The Kier molecular flexibility index (Phi) is 6.03. The van der Waals surface area contributed by atoms with Crippen LogP contribution in [-0.2, 0) is 14.4 Å². The van der Waals surface area contributed by atoms with Crippen molar-refractivity contribution in [3.8, 4) is 0 Å². The van der Waals surface area contributed by atoms with Crippen molar-refractivity contribution in [3.05, 3.63) is 0 Å². The van der Waals surface area contributed by atoms with E-state index in [0.717, 1.165) is 0 Å². The first kappa shape index (κ1) is 13.4. The van der Waals surface area contributed by atoms with Crippen LogP contribution >= 0.6 is 0 Å². The number of aliphatic carboxylic acids is 2. The minimum absolute atomic E-state index is 0.0542. The standard InChI is InChI=1S/C8H14N2O5/c9-5(8(14)15)4-10-6(11)2-1-3-7(12)13/h5H,1-4,9H2,(H,10,11)(H,12,13)(H,14,15). The number of hydrogen-bond acceptors (Lipinski definition) is 4. The second kappa shape index (κ2) is 6.77. The van der Waals surface area contributed by atoms with Gasteiger partial charge in [0, 0.05) is 19.4 Å². The fourth-order valence-corrected chi connectivity index (χ4v) is 0.800. The van der Waals surface area contributed by atoms with Crippen LogP contribution in [0.25, 0.3) is 0 Å². The third kappa shape index (κ3) is 7.44. The van der Waals surface area contributed by atoms with Crippen LogP contribution in [0.4, 0.5) is 0 Å². The van der Waals surface area contributed by atoms with E-state index in [4.69, 9.17) is 15.9 Å². The first-order valence-corrected chi connectivity index (χ1v) is 4.40. The number of rotatable bonds is 7. The maximum absolute atomic E-state index is 11.0. The summed E-state index contributed by atoms with van der Waals surface area (Å²) in [5.41, 5.74) is 5.13. The number of carbonyl (C=O) groups excluding carboxylic acids is 1. The molecule has 1 unspecified atom stereocenters. The highest BCUT2D eigenvalue weighted by Gasteiger charge is 2.12. The van der Waals surface area contributed by atoms with Crippen LogP contribution in [0.5, 0.6) is 0 Å². The molecule has 0 fully saturated rings. The van der Waals surface area contributed by atoms with Crippen molar-refractivity contribution in [1.82, 2.24) is 5.32 Å². The monoisotopic (exact) mass is 218 g/mol. The minimum atomic E-state index is -1.19. The van der Waals surface area contributed by atoms with E-state index in [1.54, 1.807) is 0 Å². The summed E-state index contributed by atoms with van der Waals surface area (Å²) < 4.78 is 0. The van der Waals surface area contributed by atoms with E-state index in [0.29, 0.717) is 0 Å². The van der Waals surface area contributed by atoms with Crippen molar-refractivity contribution in [3.63, 3.8) is 0 Å². The van der Waals surface area contributed by atoms with Crippen LogP contribution in [0.2, 0.25) is 0 Å². The summed E-state index contributed by atoms with van der Waals surface area (Å²) in [6.07, 6.45) is 0.195. The van der Waals surface area contributed by atoms with Crippen molar-refractivity contribution < 1.29 is 24.6 Å². The average molecular weight is 218 g/mol. The van der Waals surface area contributed by atoms with Gasteiger partial charge in [0.05, 0.1) is 0 Å². The van der Waals surface area contributed by atoms with Crippen molar-refractivity contribution >= 4 is 17.8 Å². The lowest BCUT2D eigenvalue weighted by Gasteiger charge is -2.07. The number of amides is 1. The molecule has 0 aliphatic carbocycles. The van der Waals surface area contributed by atoms with Gasteiger partial charge in [-0.05, 0) is 6.42 Å². The molecule has 0 aromatic heterocycles. The quantitative estimate of drug-likeness (QED) is 0.423. The van der Waals surface area contributed by atoms with Crippen LogP contribution in [0.1, 0.15) is 19.3 Å². The largest absolute Gasteiger partial charge is 0.481 e. The van der Waals surface area contributed by atoms with Gasteiger partial charge in [0.1, 0.15) is 6.04 Å². The Labute approximate surface area is 86.3 Å². The molecule has 15 heavy (non-hydrogen) atoms. The third-order valence-corrected chi connectivity index (χ3v) is 1.63. The summed E-state index contributed by atoms with van der Waals surface area (Å²) in [7, 11) is 0. The van der Waals surface area contributed by atoms with Gasteiger partial charge in [-0.15, -0.1) is 0 Å². The molecular formula is C8H14N2O5. The molecule has 7 nitrogen and oxygen atoms in total. The molecule has 5 N–H and O–H groups in total. The Bertz CT molecular complexity index is 253. The zero-order valence-electron chi connectivity index (χ0n) is 8.10. The fourth-order valence-electron chi connectivity index (χ4n) is 0.800. The maximum Gasteiger partial charge on any atom is 0.322 e. The van der Waals surface area contributed by atoms with E-state index < -0.39 is 23.9 Å². The first-order chi connectivity index (χ1) is 6.93. The van der Waals surface area contributed by atoms with Crippen molar-refractivity contribution in [2.75, 3.05) is 6.54 Å². The maximum atomic E-state index is 11.0. The Morgan fingerprint density at radius 1 is 1.20 bits per heavy atom. The molecule has 0 saturated heterocycles. The number of nitrogens with one attached hydrogen (secondary N) is 1. The lowest BCUT2D eigenvalue weighted by Crippen LogP contribution is -2.42. The fraction of sp³-hybridized carbons (Fsp3) is 0.625. The second-order valence-corrected chi connectivity index (χ2v) is 3.00. The molecule has 0 aromatic rings. The van der Waals surface area contributed by atoms with Crippen molar-refractivity contribution in [1.29, 1.82) is 0 Å². The van der Waals surface area contributed by atoms with Gasteiger partial charge >= 0.3 is 11.9 Å². The normalized spacial score (nSPS) is 11.8. The van der Waals surface area contributed by atoms with Crippen LogP contribution in [-0.4, -0.2) is 40.6 Å². The lowest BCUT2D eigenvalue weighted by atomic mass is 10.2. The van der Waals surface area contributed by atoms with Crippen molar-refractivity contribution in [2.24, 2.45) is 5.73 Å². The summed E-state index contributed by atoms with van der Waals surface area (Å²) in [5, 5.41) is 19.0. The Morgan fingerprint density at radius 2 is 1.80 bits per heavy atom. The number of hydrogen-bond donors (Lipinski definition) is 4. The molecule has 0 aliphatic heterocycles. The highest BCUT2D eigenvalue weighted by Crippen LogP contribution is 1.94. The molecule has 86 valence electrons. The molecule has 0 heterocycles. The molecule has 0 spiro atoms. The van der Waals surface area contributed by atoms with Gasteiger partial charge in [-0.1, -0.05) is 0 Å². The van der Waals surface area contributed by atoms with E-state index in [1.807, 2.05) is 0 Å². The first-order valence-electron chi connectivity index (χ1n) is 4.40. The van der Waals surface area contributed by atoms with Crippen molar-refractivity contribution in [2.45, 2.75) is 25.3 Å². The van der Waals surface area contributed by atoms with Crippen LogP contribution < -0.4 is 11.1 Å². The highest BCUT2D eigenvalue weighted by atomic mass is 16.4. The zero-order valence-corrected chi connectivity index (χ0v) is 8.10. The number of nitrogens with two attached hydrogens (primary N) is 1. The average Bonchev–Trinajstić information content (AvgIpc) is 2.13. The van der Waals surface area contributed by atoms with Gasteiger partial charge in [0.15, 0.2) is 0 Å². The molecule has 0 saturated carbocycles. The van der Waals surface area contributed by atoms with E-state index >= 15 is 0 Å². The summed E-state index contributed by atoms with van der Waals surface area (Å²) >= 11 is 0. The predicted molar refractivity (Wildman–Crippen MR) is 50.1 cm³/mol. The third-order valence-electron chi connectivity index (χ3n) is 1.63. The number of carbonyl (C=O) groups is 3. The number of carboxylic acid groups (broad SMARTS) is 2. The van der Waals surface area contributed by atoms with Gasteiger partial charge in [-0.3, -0.25) is 14.4 Å². The molecule has 0 aromatic carbocycles. The van der Waals surface area contributed by atoms with Gasteiger partial charge in [-0.25, -0.2) is 0 Å². The molecule has 0 aliphatic rings. The minimum Gasteiger partial charge on any atom is -0.481 e. The SMILES string of the molecule is NC(CNC(=O)CCCC(=O)O)C(=O)O. The van der Waals surface area contributed by atoms with Crippen LogP contribution in [0.3, 0.4) is 0 Å². The molecule has 0 rings (SSSR count). The number of carboxylic acids is 2. The van der Waals surface area contributed by atoms with Gasteiger partial charge in [-0.2, -0.15) is 0 Å². The molecule has 7 heteroatoms. The summed E-state index contributed by atoms with van der Waals surface area (Å²) in [6, 6.07) is -1.13. The van der Waals surface area contributed by atoms with E-state index in [2.05, 4.69) is 5.32 Å². The topological polar surface area (TPSA) is 130 Å². The van der Waals surface area contributed by atoms with E-state index in [-0.39, 0.29) is 25.8 Å². The van der Waals surface area contributed by atoms with Gasteiger partial charge < -0.3 is 21.3 Å². The lowest BCUT2D eigenvalue weighted by molar-refractivity contribution is -0.138. The van der Waals surface area contributed by atoms with Gasteiger partial charge in [0.2, 0.25) is 5.91 Å². The molecular weight excluding hydrogens is 204 g/mol. The highest BCUT2D eigenvalue weighted by molar-refractivity contribution is 5.78. The van der Waals surface area contributed by atoms with Crippen LogP contribution in [0.15, 0.2) is 0 Å². The smallest absolute Gasteiger partial charge is 0.322 e. The van der Waals surface area contributed by atoms with Gasteiger partial charge in [0.25, 0.3) is 0 Å². The molecule has 0 bridgehead atoms. The molecule has 1 amide bonds. The Balaban J connectivity index is 3.57. The summed E-state index contributed by atoms with van der Waals surface area (Å²) in [5.74, 6) is -2.56. The Hall–Kier alpha value is -1.63. The van der Waals surface area contributed by atoms with E-state index in [9.17, 15) is 14.4 Å². The zero-order chi connectivity index (χ0) is 11.8. The summed E-state index contributed by atoms with van der Waals surface area (Å²) in [6.45, 7) is -0.152.